The molecule has 0 aliphatic carbocycles. The van der Waals surface area contributed by atoms with Crippen molar-refractivity contribution in [3.8, 4) is 5.75 Å². The van der Waals surface area contributed by atoms with Gasteiger partial charge in [-0.25, -0.2) is 4.79 Å². The third-order valence-corrected chi connectivity index (χ3v) is 4.36. The van der Waals surface area contributed by atoms with Gasteiger partial charge in [0.2, 0.25) is 0 Å². The minimum absolute atomic E-state index is 0.119. The molecular weight excluding hydrogens is 418 g/mol. The fourth-order valence-corrected chi connectivity index (χ4v) is 2.64. The molecular formula is C19H20ClN3O7. The van der Waals surface area contributed by atoms with E-state index in [1.807, 2.05) is 0 Å². The first kappa shape index (κ1) is 22.9. The number of hydrogen-bond acceptors (Lipinski definition) is 8. The lowest BCUT2D eigenvalue weighted by Crippen LogP contribution is -2.22. The third kappa shape index (κ3) is 5.82. The maximum Gasteiger partial charge on any atom is 0.341 e. The molecule has 160 valence electrons. The lowest BCUT2D eigenvalue weighted by molar-refractivity contribution is -0.384. The van der Waals surface area contributed by atoms with Gasteiger partial charge in [0, 0.05) is 35.5 Å². The number of nitrogens with one attached hydrogen (secondary N) is 2. The number of non-ortho nitro benzene ring substituents is 1. The lowest BCUT2D eigenvalue weighted by Gasteiger charge is -2.13. The summed E-state index contributed by atoms with van der Waals surface area (Å²) in [5.41, 5.74) is 0.838. The number of anilines is 2. The number of carbonyl (C=O) groups is 2. The van der Waals surface area contributed by atoms with Crippen LogP contribution in [0.3, 0.4) is 0 Å². The van der Waals surface area contributed by atoms with Crippen molar-refractivity contribution in [3.05, 3.63) is 56.6 Å². The van der Waals surface area contributed by atoms with E-state index in [-0.39, 0.29) is 30.1 Å². The van der Waals surface area contributed by atoms with Gasteiger partial charge < -0.3 is 25.2 Å². The summed E-state index contributed by atoms with van der Waals surface area (Å²) in [6.45, 7) is 1.02. The highest BCUT2D eigenvalue weighted by molar-refractivity contribution is 6.31. The van der Waals surface area contributed by atoms with Crippen molar-refractivity contribution in [3.63, 3.8) is 0 Å². The summed E-state index contributed by atoms with van der Waals surface area (Å²) in [7, 11) is 1.42. The number of aliphatic hydroxyl groups excluding tert-OH is 1. The molecule has 0 spiro atoms. The number of nitro benzene ring substituents is 1. The van der Waals surface area contributed by atoms with E-state index in [2.05, 4.69) is 10.6 Å². The van der Waals surface area contributed by atoms with Gasteiger partial charge in [-0.3, -0.25) is 14.9 Å². The van der Waals surface area contributed by atoms with E-state index in [1.54, 1.807) is 19.1 Å². The zero-order valence-corrected chi connectivity index (χ0v) is 17.0. The Balaban J connectivity index is 2.11. The van der Waals surface area contributed by atoms with E-state index in [1.165, 1.54) is 19.2 Å². The van der Waals surface area contributed by atoms with E-state index < -0.39 is 23.4 Å². The molecule has 30 heavy (non-hydrogen) atoms. The number of methoxy groups -OCH3 is 1. The maximum atomic E-state index is 12.4. The van der Waals surface area contributed by atoms with E-state index in [9.17, 15) is 19.7 Å². The number of nitro groups is 1. The molecule has 0 saturated carbocycles. The second-order valence-corrected chi connectivity index (χ2v) is 6.47. The summed E-state index contributed by atoms with van der Waals surface area (Å²) >= 11 is 6.03. The normalized spacial score (nSPS) is 10.3. The number of aryl methyl sites for hydroxylation is 1. The number of ether oxygens (including phenoxy) is 2. The number of carbonyl (C=O) groups excluding carboxylic acids is 2. The Hall–Kier alpha value is -3.37. The number of aliphatic hydroxyl groups is 1. The first-order valence-corrected chi connectivity index (χ1v) is 9.09. The molecule has 0 radical (unpaired) electrons. The van der Waals surface area contributed by atoms with Crippen LogP contribution in [0.1, 0.15) is 15.9 Å². The Morgan fingerprint density at radius 3 is 2.60 bits per heavy atom. The average molecular weight is 438 g/mol. The number of rotatable bonds is 9. The summed E-state index contributed by atoms with van der Waals surface area (Å²) < 4.78 is 10.2. The number of benzene rings is 2. The first-order valence-electron chi connectivity index (χ1n) is 8.71. The summed E-state index contributed by atoms with van der Waals surface area (Å²) in [4.78, 5) is 35.0. The quantitative estimate of drug-likeness (QED) is 0.309. The zero-order valence-electron chi connectivity index (χ0n) is 16.2. The second-order valence-electron chi connectivity index (χ2n) is 6.06. The van der Waals surface area contributed by atoms with Crippen LogP contribution in [-0.2, 0) is 9.53 Å². The summed E-state index contributed by atoms with van der Waals surface area (Å²) in [6.07, 6.45) is 0. The highest BCUT2D eigenvalue weighted by Gasteiger charge is 2.19. The molecule has 0 aliphatic rings. The number of amides is 1. The van der Waals surface area contributed by atoms with Crippen LogP contribution in [0.4, 0.5) is 17.1 Å². The van der Waals surface area contributed by atoms with Gasteiger partial charge in [-0.1, -0.05) is 11.6 Å². The van der Waals surface area contributed by atoms with Gasteiger partial charge in [-0.05, 0) is 24.6 Å². The van der Waals surface area contributed by atoms with Crippen molar-refractivity contribution < 1.29 is 29.1 Å². The zero-order chi connectivity index (χ0) is 22.3. The topological polar surface area (TPSA) is 140 Å². The Morgan fingerprint density at radius 1 is 1.23 bits per heavy atom. The van der Waals surface area contributed by atoms with Crippen molar-refractivity contribution >= 4 is 40.5 Å². The Morgan fingerprint density at radius 2 is 1.97 bits per heavy atom. The molecule has 11 heteroatoms. The molecule has 0 bridgehead atoms. The molecule has 0 fully saturated rings. The molecule has 0 aromatic heterocycles. The first-order chi connectivity index (χ1) is 14.3. The molecule has 10 nitrogen and oxygen atoms in total. The van der Waals surface area contributed by atoms with Crippen molar-refractivity contribution in [2.75, 3.05) is 37.5 Å². The molecule has 3 N–H and O–H groups in total. The van der Waals surface area contributed by atoms with Crippen LogP contribution >= 0.6 is 11.6 Å². The van der Waals surface area contributed by atoms with Gasteiger partial charge >= 0.3 is 5.97 Å². The van der Waals surface area contributed by atoms with E-state index in [0.717, 1.165) is 6.07 Å². The highest BCUT2D eigenvalue weighted by Crippen LogP contribution is 2.31. The fraction of sp³-hybridized carbons (Fsp3) is 0.263. The molecule has 2 aromatic rings. The van der Waals surface area contributed by atoms with E-state index >= 15 is 0 Å². The SMILES string of the molecule is COc1cc(Cl)c(C)cc1NC(=O)COC(=O)c1cc([N+](=O)[O-])ccc1NCCO. The molecule has 2 rings (SSSR count). The molecule has 2 aromatic carbocycles. The summed E-state index contributed by atoms with van der Waals surface area (Å²) in [5, 5.41) is 25.7. The van der Waals surface area contributed by atoms with Gasteiger partial charge in [0.25, 0.3) is 11.6 Å². The van der Waals surface area contributed by atoms with Crippen molar-refractivity contribution in [2.24, 2.45) is 0 Å². The average Bonchev–Trinajstić information content (AvgIpc) is 2.72. The lowest BCUT2D eigenvalue weighted by atomic mass is 10.1. The monoisotopic (exact) mass is 437 g/mol. The van der Waals surface area contributed by atoms with Gasteiger partial charge in [-0.15, -0.1) is 0 Å². The Kier molecular flexibility index (Phi) is 7.96. The van der Waals surface area contributed by atoms with E-state index in [0.29, 0.717) is 22.0 Å². The summed E-state index contributed by atoms with van der Waals surface area (Å²) in [6, 6.07) is 6.72. The number of halogens is 1. The number of esters is 1. The van der Waals surface area contributed by atoms with Crippen LogP contribution in [0.2, 0.25) is 5.02 Å². The van der Waals surface area contributed by atoms with Gasteiger partial charge in [0.05, 0.1) is 29.9 Å². The maximum absolute atomic E-state index is 12.4. The Labute approximate surface area is 176 Å². The minimum Gasteiger partial charge on any atom is -0.495 e. The van der Waals surface area contributed by atoms with Crippen LogP contribution in [0.15, 0.2) is 30.3 Å². The van der Waals surface area contributed by atoms with Gasteiger partial charge in [0.15, 0.2) is 6.61 Å². The van der Waals surface area contributed by atoms with Crippen LogP contribution in [0, 0.1) is 17.0 Å². The second kappa shape index (κ2) is 10.4. The molecule has 0 aliphatic heterocycles. The number of nitrogens with zero attached hydrogens (tertiary/aromatic N) is 1. The molecule has 0 saturated heterocycles. The smallest absolute Gasteiger partial charge is 0.341 e. The van der Waals surface area contributed by atoms with Crippen LogP contribution in [0.5, 0.6) is 5.75 Å². The molecule has 1 amide bonds. The fourth-order valence-electron chi connectivity index (χ4n) is 2.48. The number of hydrogen-bond donors (Lipinski definition) is 3. The molecule has 0 atom stereocenters. The largest absolute Gasteiger partial charge is 0.495 e. The van der Waals surface area contributed by atoms with Crippen LogP contribution < -0.4 is 15.4 Å². The van der Waals surface area contributed by atoms with Gasteiger partial charge in [0.1, 0.15) is 5.75 Å². The van der Waals surface area contributed by atoms with Crippen molar-refractivity contribution in [1.29, 1.82) is 0 Å². The summed E-state index contributed by atoms with van der Waals surface area (Å²) in [5.74, 6) is -1.24. The molecule has 0 heterocycles. The van der Waals surface area contributed by atoms with Crippen LogP contribution in [0.25, 0.3) is 0 Å². The van der Waals surface area contributed by atoms with Crippen molar-refractivity contribution in [1.82, 2.24) is 0 Å². The van der Waals surface area contributed by atoms with E-state index in [4.69, 9.17) is 26.2 Å². The highest BCUT2D eigenvalue weighted by atomic mass is 35.5. The third-order valence-electron chi connectivity index (χ3n) is 3.95. The predicted octanol–water partition coefficient (Wildman–Crippen LogP) is 2.76. The van der Waals surface area contributed by atoms with Gasteiger partial charge in [-0.2, -0.15) is 0 Å². The van der Waals surface area contributed by atoms with Crippen LogP contribution in [-0.4, -0.2) is 48.8 Å². The molecule has 0 unspecified atom stereocenters. The predicted molar refractivity (Wildman–Crippen MR) is 110 cm³/mol. The minimum atomic E-state index is -0.937. The standard InChI is InChI=1S/C19H20ClN3O7/c1-11-7-16(17(29-2)9-14(11)20)22-18(25)10-30-19(26)13-8-12(23(27)28)3-4-15(13)21-5-6-24/h3-4,7-9,21,24H,5-6,10H2,1-2H3,(H,22,25). The Bertz CT molecular complexity index is 965. The van der Waals surface area contributed by atoms with Crippen molar-refractivity contribution in [2.45, 2.75) is 6.92 Å².